The molecule has 1 aromatic rings. The van der Waals surface area contributed by atoms with Gasteiger partial charge in [0.1, 0.15) is 0 Å². The molecule has 1 heterocycles. The number of hydrogen-bond donors (Lipinski definition) is 2. The van der Waals surface area contributed by atoms with Crippen molar-refractivity contribution in [3.8, 4) is 0 Å². The van der Waals surface area contributed by atoms with Gasteiger partial charge in [0.25, 0.3) is 0 Å². The Morgan fingerprint density at radius 2 is 1.96 bits per heavy atom. The molecular weight excluding hydrogens is 300 g/mol. The molecule has 1 aromatic carbocycles. The summed E-state index contributed by atoms with van der Waals surface area (Å²) >= 11 is 0. The molecule has 0 aliphatic carbocycles. The van der Waals surface area contributed by atoms with E-state index in [-0.39, 0.29) is 12.5 Å². The van der Waals surface area contributed by atoms with Crippen LogP contribution in [-0.2, 0) is 17.8 Å². The fourth-order valence-electron chi connectivity index (χ4n) is 2.96. The number of rotatable bonds is 7. The number of fused-ring (bicyclic) bond motifs is 1. The molecule has 1 amide bonds. The Labute approximate surface area is 145 Å². The van der Waals surface area contributed by atoms with Crippen molar-refractivity contribution in [3.05, 3.63) is 35.4 Å². The van der Waals surface area contributed by atoms with E-state index < -0.39 is 0 Å². The van der Waals surface area contributed by atoms with E-state index in [1.807, 2.05) is 11.0 Å². The van der Waals surface area contributed by atoms with E-state index in [1.54, 1.807) is 7.05 Å². The van der Waals surface area contributed by atoms with Crippen LogP contribution >= 0.6 is 0 Å². The van der Waals surface area contributed by atoms with Gasteiger partial charge in [-0.05, 0) is 24.0 Å². The fourth-order valence-corrected chi connectivity index (χ4v) is 2.96. The predicted octanol–water partition coefficient (Wildman–Crippen LogP) is 2.32. The maximum Gasteiger partial charge on any atom is 0.242 e. The van der Waals surface area contributed by atoms with Gasteiger partial charge < -0.3 is 15.5 Å². The summed E-state index contributed by atoms with van der Waals surface area (Å²) in [6, 6.07) is 8.36. The number of unbranched alkanes of at least 4 members (excludes halogenated alkanes) is 3. The molecule has 5 heteroatoms. The zero-order valence-electron chi connectivity index (χ0n) is 15.0. The number of hydrogen-bond acceptors (Lipinski definition) is 2. The minimum absolute atomic E-state index is 0.124. The number of nitrogens with one attached hydrogen (secondary N) is 2. The number of benzene rings is 1. The summed E-state index contributed by atoms with van der Waals surface area (Å²) in [6.07, 6.45) is 5.80. The van der Waals surface area contributed by atoms with Crippen molar-refractivity contribution in [2.24, 2.45) is 4.99 Å². The summed E-state index contributed by atoms with van der Waals surface area (Å²) in [5.41, 5.74) is 2.62. The molecular formula is C19H30N4O. The first kappa shape index (κ1) is 18.3. The molecule has 132 valence electrons. The van der Waals surface area contributed by atoms with E-state index in [2.05, 4.69) is 40.7 Å². The van der Waals surface area contributed by atoms with Crippen LogP contribution in [0.3, 0.4) is 0 Å². The topological polar surface area (TPSA) is 56.7 Å². The minimum atomic E-state index is 0.124. The van der Waals surface area contributed by atoms with E-state index in [4.69, 9.17) is 0 Å². The van der Waals surface area contributed by atoms with Gasteiger partial charge in [0.2, 0.25) is 5.91 Å². The Morgan fingerprint density at radius 3 is 2.71 bits per heavy atom. The van der Waals surface area contributed by atoms with Crippen molar-refractivity contribution in [3.63, 3.8) is 0 Å². The third kappa shape index (κ3) is 5.55. The van der Waals surface area contributed by atoms with Gasteiger partial charge in [0, 0.05) is 26.7 Å². The number of nitrogens with zero attached hydrogens (tertiary/aromatic N) is 2. The molecule has 0 unspecified atom stereocenters. The molecule has 24 heavy (non-hydrogen) atoms. The van der Waals surface area contributed by atoms with Crippen molar-refractivity contribution in [2.45, 2.75) is 45.6 Å². The second kappa shape index (κ2) is 9.96. The zero-order valence-corrected chi connectivity index (χ0v) is 15.0. The van der Waals surface area contributed by atoms with Crippen LogP contribution in [0.25, 0.3) is 0 Å². The largest absolute Gasteiger partial charge is 0.356 e. The van der Waals surface area contributed by atoms with Crippen LogP contribution in [0.4, 0.5) is 0 Å². The van der Waals surface area contributed by atoms with Gasteiger partial charge >= 0.3 is 0 Å². The Bertz CT molecular complexity index is 556. The first-order valence-corrected chi connectivity index (χ1v) is 9.03. The van der Waals surface area contributed by atoms with Gasteiger partial charge in [0.05, 0.1) is 6.54 Å². The lowest BCUT2D eigenvalue weighted by Crippen LogP contribution is -2.46. The second-order valence-electron chi connectivity index (χ2n) is 6.25. The molecule has 5 nitrogen and oxygen atoms in total. The van der Waals surface area contributed by atoms with Gasteiger partial charge in [-0.25, -0.2) is 0 Å². The molecule has 0 saturated heterocycles. The van der Waals surface area contributed by atoms with E-state index in [9.17, 15) is 4.79 Å². The van der Waals surface area contributed by atoms with Gasteiger partial charge in [-0.15, -0.1) is 0 Å². The van der Waals surface area contributed by atoms with Crippen LogP contribution in [0.5, 0.6) is 0 Å². The summed E-state index contributed by atoms with van der Waals surface area (Å²) in [6.45, 7) is 4.89. The molecule has 0 bridgehead atoms. The molecule has 0 saturated carbocycles. The molecule has 0 fully saturated rings. The highest BCUT2D eigenvalue weighted by molar-refractivity contribution is 5.86. The zero-order chi connectivity index (χ0) is 17.2. The van der Waals surface area contributed by atoms with E-state index in [0.29, 0.717) is 12.5 Å². The van der Waals surface area contributed by atoms with Crippen LogP contribution in [-0.4, -0.2) is 43.4 Å². The fraction of sp³-hybridized carbons (Fsp3) is 0.579. The minimum Gasteiger partial charge on any atom is -0.356 e. The van der Waals surface area contributed by atoms with Crippen molar-refractivity contribution in [1.82, 2.24) is 15.5 Å². The van der Waals surface area contributed by atoms with Crippen LogP contribution < -0.4 is 10.6 Å². The highest BCUT2D eigenvalue weighted by atomic mass is 16.2. The molecule has 0 aromatic heterocycles. The quantitative estimate of drug-likeness (QED) is 0.458. The number of carbonyl (C=O) groups is 1. The van der Waals surface area contributed by atoms with E-state index in [0.717, 1.165) is 25.9 Å². The maximum atomic E-state index is 12.4. The second-order valence-corrected chi connectivity index (χ2v) is 6.25. The molecule has 1 aliphatic heterocycles. The van der Waals surface area contributed by atoms with Gasteiger partial charge in [0.15, 0.2) is 5.96 Å². The Hall–Kier alpha value is -2.04. The summed E-state index contributed by atoms with van der Waals surface area (Å²) in [7, 11) is 1.74. The highest BCUT2D eigenvalue weighted by Crippen LogP contribution is 2.18. The number of carbonyl (C=O) groups excluding carboxylic acids is 1. The van der Waals surface area contributed by atoms with Gasteiger partial charge in [-0.2, -0.15) is 0 Å². The molecule has 1 aliphatic rings. The maximum absolute atomic E-state index is 12.4. The monoisotopic (exact) mass is 330 g/mol. The van der Waals surface area contributed by atoms with Crippen LogP contribution in [0.15, 0.2) is 29.3 Å². The van der Waals surface area contributed by atoms with Crippen LogP contribution in [0.2, 0.25) is 0 Å². The van der Waals surface area contributed by atoms with Gasteiger partial charge in [-0.1, -0.05) is 50.5 Å². The lowest BCUT2D eigenvalue weighted by Gasteiger charge is -2.29. The van der Waals surface area contributed by atoms with Crippen LogP contribution in [0.1, 0.15) is 43.7 Å². The molecule has 2 rings (SSSR count). The van der Waals surface area contributed by atoms with E-state index in [1.165, 1.54) is 30.4 Å². The van der Waals surface area contributed by atoms with Crippen molar-refractivity contribution >= 4 is 11.9 Å². The average molecular weight is 330 g/mol. The summed E-state index contributed by atoms with van der Waals surface area (Å²) in [5, 5.41) is 6.40. The van der Waals surface area contributed by atoms with Crippen molar-refractivity contribution in [2.75, 3.05) is 26.7 Å². The lowest BCUT2D eigenvalue weighted by molar-refractivity contribution is -0.130. The van der Waals surface area contributed by atoms with E-state index >= 15 is 0 Å². The van der Waals surface area contributed by atoms with Gasteiger partial charge in [-0.3, -0.25) is 9.79 Å². The number of aliphatic imine (C=N–C) groups is 1. The SMILES string of the molecule is CCCCCCNC(=NC)NCC(=O)N1CCc2ccccc2C1. The average Bonchev–Trinajstić information content (AvgIpc) is 2.63. The van der Waals surface area contributed by atoms with Crippen LogP contribution in [0, 0.1) is 0 Å². The third-order valence-corrected chi connectivity index (χ3v) is 4.44. The smallest absolute Gasteiger partial charge is 0.242 e. The molecule has 0 atom stereocenters. The van der Waals surface area contributed by atoms with Crippen molar-refractivity contribution in [1.29, 1.82) is 0 Å². The number of guanidine groups is 1. The number of amides is 1. The first-order chi connectivity index (χ1) is 11.7. The summed E-state index contributed by atoms with van der Waals surface area (Å²) < 4.78 is 0. The Balaban J connectivity index is 1.72. The Kier molecular flexibility index (Phi) is 7.59. The first-order valence-electron chi connectivity index (χ1n) is 9.03. The predicted molar refractivity (Wildman–Crippen MR) is 99.1 cm³/mol. The lowest BCUT2D eigenvalue weighted by atomic mass is 10.00. The third-order valence-electron chi connectivity index (χ3n) is 4.44. The molecule has 2 N–H and O–H groups in total. The summed E-state index contributed by atoms with van der Waals surface area (Å²) in [5.74, 6) is 0.829. The molecule has 0 radical (unpaired) electrons. The summed E-state index contributed by atoms with van der Waals surface area (Å²) in [4.78, 5) is 18.5. The Morgan fingerprint density at radius 1 is 1.17 bits per heavy atom. The molecule has 0 spiro atoms. The normalized spacial score (nSPS) is 14.2. The highest BCUT2D eigenvalue weighted by Gasteiger charge is 2.20. The standard InChI is InChI=1S/C19H30N4O/c1-3-4-5-8-12-21-19(20-2)22-14-18(24)23-13-11-16-9-6-7-10-17(16)15-23/h6-7,9-10H,3-5,8,11-15H2,1-2H3,(H2,20,21,22). The van der Waals surface area contributed by atoms with Crippen molar-refractivity contribution < 1.29 is 4.79 Å².